The van der Waals surface area contributed by atoms with E-state index in [9.17, 15) is 4.79 Å². The second-order valence-corrected chi connectivity index (χ2v) is 6.47. The molecule has 3 heteroatoms. The first-order chi connectivity index (χ1) is 10.1. The second kappa shape index (κ2) is 7.23. The van der Waals surface area contributed by atoms with E-state index in [1.54, 1.807) is 17.4 Å². The SMILES string of the molecule is Cc1ccc(C=CC(=O)NC(c2cccs2)C(C)C)cc1. The lowest BCUT2D eigenvalue weighted by Gasteiger charge is -2.20. The summed E-state index contributed by atoms with van der Waals surface area (Å²) in [5, 5.41) is 5.13. The van der Waals surface area contributed by atoms with E-state index in [1.165, 1.54) is 10.4 Å². The third kappa shape index (κ3) is 4.57. The van der Waals surface area contributed by atoms with Gasteiger partial charge < -0.3 is 5.32 Å². The fourth-order valence-corrected chi connectivity index (χ4v) is 3.03. The minimum Gasteiger partial charge on any atom is -0.345 e. The number of nitrogens with one attached hydrogen (secondary N) is 1. The topological polar surface area (TPSA) is 29.1 Å². The highest BCUT2D eigenvalue weighted by molar-refractivity contribution is 7.10. The van der Waals surface area contributed by atoms with E-state index in [-0.39, 0.29) is 11.9 Å². The maximum Gasteiger partial charge on any atom is 0.244 e. The highest BCUT2D eigenvalue weighted by atomic mass is 32.1. The molecule has 0 bridgehead atoms. The van der Waals surface area contributed by atoms with Crippen LogP contribution in [0.2, 0.25) is 0 Å². The first kappa shape index (κ1) is 15.5. The second-order valence-electron chi connectivity index (χ2n) is 5.49. The van der Waals surface area contributed by atoms with Gasteiger partial charge in [0.25, 0.3) is 0 Å². The normalized spacial score (nSPS) is 12.8. The molecule has 0 fully saturated rings. The number of hydrogen-bond donors (Lipinski definition) is 1. The largest absolute Gasteiger partial charge is 0.345 e. The Morgan fingerprint density at radius 3 is 2.48 bits per heavy atom. The van der Waals surface area contributed by atoms with Gasteiger partial charge in [-0.15, -0.1) is 11.3 Å². The Kier molecular flexibility index (Phi) is 5.34. The van der Waals surface area contributed by atoms with E-state index < -0.39 is 0 Å². The molecule has 0 aliphatic carbocycles. The fraction of sp³-hybridized carbons (Fsp3) is 0.278. The molecule has 21 heavy (non-hydrogen) atoms. The summed E-state index contributed by atoms with van der Waals surface area (Å²) in [6.07, 6.45) is 3.45. The summed E-state index contributed by atoms with van der Waals surface area (Å²) in [4.78, 5) is 13.3. The molecule has 1 unspecified atom stereocenters. The van der Waals surface area contributed by atoms with Crippen LogP contribution in [0.5, 0.6) is 0 Å². The van der Waals surface area contributed by atoms with Crippen LogP contribution < -0.4 is 5.32 Å². The minimum absolute atomic E-state index is 0.0531. The molecule has 2 aromatic rings. The summed E-state index contributed by atoms with van der Waals surface area (Å²) >= 11 is 1.68. The first-order valence-electron chi connectivity index (χ1n) is 7.15. The Morgan fingerprint density at radius 2 is 1.90 bits per heavy atom. The van der Waals surface area contributed by atoms with Crippen molar-refractivity contribution in [1.29, 1.82) is 0 Å². The van der Waals surface area contributed by atoms with Crippen LogP contribution in [0, 0.1) is 12.8 Å². The van der Waals surface area contributed by atoms with Gasteiger partial charge in [0.1, 0.15) is 0 Å². The van der Waals surface area contributed by atoms with E-state index in [1.807, 2.05) is 41.8 Å². The number of carbonyl (C=O) groups is 1. The number of aryl methyl sites for hydroxylation is 1. The van der Waals surface area contributed by atoms with Crippen molar-refractivity contribution in [3.05, 3.63) is 63.9 Å². The third-order valence-electron chi connectivity index (χ3n) is 3.32. The molecule has 0 aliphatic heterocycles. The molecule has 1 amide bonds. The standard InChI is InChI=1S/C18H21NOS/c1-13(2)18(16-5-4-12-21-16)19-17(20)11-10-15-8-6-14(3)7-9-15/h4-13,18H,1-3H3,(H,19,20). The van der Waals surface area contributed by atoms with Crippen LogP contribution in [0.4, 0.5) is 0 Å². The van der Waals surface area contributed by atoms with Gasteiger partial charge in [0.15, 0.2) is 0 Å². The van der Waals surface area contributed by atoms with Crippen molar-refractivity contribution in [2.45, 2.75) is 26.8 Å². The summed E-state index contributed by atoms with van der Waals surface area (Å²) in [7, 11) is 0. The molecule has 1 aromatic heterocycles. The number of amides is 1. The highest BCUT2D eigenvalue weighted by Crippen LogP contribution is 2.25. The summed E-state index contributed by atoms with van der Waals surface area (Å²) < 4.78 is 0. The lowest BCUT2D eigenvalue weighted by Crippen LogP contribution is -2.29. The Labute approximate surface area is 130 Å². The van der Waals surface area contributed by atoms with Crippen LogP contribution in [0.1, 0.15) is 35.9 Å². The van der Waals surface area contributed by atoms with E-state index in [4.69, 9.17) is 0 Å². The number of thiophene rings is 1. The average molecular weight is 299 g/mol. The van der Waals surface area contributed by atoms with E-state index in [0.717, 1.165) is 5.56 Å². The molecular weight excluding hydrogens is 278 g/mol. The molecule has 110 valence electrons. The summed E-state index contributed by atoms with van der Waals surface area (Å²) in [6.45, 7) is 6.29. The molecule has 1 heterocycles. The monoisotopic (exact) mass is 299 g/mol. The zero-order chi connectivity index (χ0) is 15.2. The van der Waals surface area contributed by atoms with E-state index in [2.05, 4.69) is 32.2 Å². The molecule has 2 rings (SSSR count). The lowest BCUT2D eigenvalue weighted by molar-refractivity contribution is -0.117. The van der Waals surface area contributed by atoms with Crippen LogP contribution >= 0.6 is 11.3 Å². The van der Waals surface area contributed by atoms with Gasteiger partial charge in [-0.3, -0.25) is 4.79 Å². The van der Waals surface area contributed by atoms with Crippen LogP contribution in [-0.2, 0) is 4.79 Å². The molecule has 1 aromatic carbocycles. The smallest absolute Gasteiger partial charge is 0.244 e. The molecule has 0 aliphatic rings. The molecule has 0 saturated carbocycles. The van der Waals surface area contributed by atoms with Gasteiger partial charge >= 0.3 is 0 Å². The van der Waals surface area contributed by atoms with Crippen molar-refractivity contribution < 1.29 is 4.79 Å². The molecule has 2 nitrogen and oxygen atoms in total. The van der Waals surface area contributed by atoms with Crippen molar-refractivity contribution >= 4 is 23.3 Å². The van der Waals surface area contributed by atoms with Gasteiger partial charge in [-0.05, 0) is 35.9 Å². The molecule has 0 radical (unpaired) electrons. The Hall–Kier alpha value is -1.87. The molecule has 1 N–H and O–H groups in total. The maximum absolute atomic E-state index is 12.1. The van der Waals surface area contributed by atoms with Crippen molar-refractivity contribution in [2.75, 3.05) is 0 Å². The van der Waals surface area contributed by atoms with Crippen molar-refractivity contribution in [3.63, 3.8) is 0 Å². The third-order valence-corrected chi connectivity index (χ3v) is 4.27. The highest BCUT2D eigenvalue weighted by Gasteiger charge is 2.17. The van der Waals surface area contributed by atoms with Gasteiger partial charge in [0.2, 0.25) is 5.91 Å². The molecule has 0 saturated heterocycles. The van der Waals surface area contributed by atoms with Crippen LogP contribution in [0.25, 0.3) is 6.08 Å². The summed E-state index contributed by atoms with van der Waals surface area (Å²) in [5.41, 5.74) is 2.25. The molecule has 1 atom stereocenters. The average Bonchev–Trinajstić information content (AvgIpc) is 2.97. The van der Waals surface area contributed by atoms with Gasteiger partial charge in [-0.25, -0.2) is 0 Å². The maximum atomic E-state index is 12.1. The van der Waals surface area contributed by atoms with E-state index >= 15 is 0 Å². The van der Waals surface area contributed by atoms with E-state index in [0.29, 0.717) is 5.92 Å². The molecule has 0 spiro atoms. The van der Waals surface area contributed by atoms with Gasteiger partial charge in [-0.1, -0.05) is 49.7 Å². The lowest BCUT2D eigenvalue weighted by atomic mass is 10.0. The zero-order valence-electron chi connectivity index (χ0n) is 12.7. The van der Waals surface area contributed by atoms with Crippen molar-refractivity contribution in [2.24, 2.45) is 5.92 Å². The minimum atomic E-state index is -0.0531. The molecular formula is C18H21NOS. The van der Waals surface area contributed by atoms with Crippen LogP contribution in [-0.4, -0.2) is 5.91 Å². The van der Waals surface area contributed by atoms with Crippen molar-refractivity contribution in [1.82, 2.24) is 5.32 Å². The number of carbonyl (C=O) groups excluding carboxylic acids is 1. The van der Waals surface area contributed by atoms with Crippen LogP contribution in [0.3, 0.4) is 0 Å². The zero-order valence-corrected chi connectivity index (χ0v) is 13.5. The predicted octanol–water partition coefficient (Wildman–Crippen LogP) is 4.58. The quantitative estimate of drug-likeness (QED) is 0.804. The summed E-state index contributed by atoms with van der Waals surface area (Å²) in [6, 6.07) is 12.3. The Bertz CT molecular complexity index is 597. The van der Waals surface area contributed by atoms with Crippen molar-refractivity contribution in [3.8, 4) is 0 Å². The van der Waals surface area contributed by atoms with Gasteiger partial charge in [0, 0.05) is 11.0 Å². The number of benzene rings is 1. The first-order valence-corrected chi connectivity index (χ1v) is 8.03. The summed E-state index contributed by atoms with van der Waals surface area (Å²) in [5.74, 6) is 0.308. The Morgan fingerprint density at radius 1 is 1.19 bits per heavy atom. The number of rotatable bonds is 5. The number of hydrogen-bond acceptors (Lipinski definition) is 2. The fourth-order valence-electron chi connectivity index (χ4n) is 2.09. The predicted molar refractivity (Wildman–Crippen MR) is 90.3 cm³/mol. The Balaban J connectivity index is 2.01. The van der Waals surface area contributed by atoms with Crippen LogP contribution in [0.15, 0.2) is 47.9 Å². The van der Waals surface area contributed by atoms with Gasteiger partial charge in [0.05, 0.1) is 6.04 Å². The van der Waals surface area contributed by atoms with Gasteiger partial charge in [-0.2, -0.15) is 0 Å².